The van der Waals surface area contributed by atoms with Crippen molar-refractivity contribution in [2.45, 2.75) is 6.04 Å². The molecule has 0 bridgehead atoms. The minimum Gasteiger partial charge on any atom is -0.322 e. The number of pyridine rings is 1. The van der Waals surface area contributed by atoms with Crippen molar-refractivity contribution in [3.05, 3.63) is 29.8 Å². The monoisotopic (exact) mass is 194 g/mol. The van der Waals surface area contributed by atoms with Crippen LogP contribution >= 0.6 is 12.4 Å². The Bertz CT molecular complexity index is 245. The van der Waals surface area contributed by atoms with Crippen molar-refractivity contribution in [3.8, 4) is 0 Å². The van der Waals surface area contributed by atoms with E-state index in [-0.39, 0.29) is 18.0 Å². The van der Waals surface area contributed by atoms with Crippen LogP contribution in [0.25, 0.3) is 0 Å². The van der Waals surface area contributed by atoms with Gasteiger partial charge in [-0.1, -0.05) is 6.07 Å². The van der Waals surface area contributed by atoms with Crippen LogP contribution in [0, 0.1) is 5.95 Å². The van der Waals surface area contributed by atoms with Crippen molar-refractivity contribution >= 4 is 12.4 Å². The molecular formula is C7H9ClF2N2. The molecule has 1 atom stereocenters. The van der Waals surface area contributed by atoms with Gasteiger partial charge in [0.25, 0.3) is 0 Å². The standard InChI is InChI=1S/C7H8F2N2.ClH/c8-4-6(10)5-2-1-3-11-7(5)9;/h1-3,6H,4,10H2;1H/t6-;/m1./s1. The predicted octanol–water partition coefficient (Wildman–Crippen LogP) is 1.61. The second kappa shape index (κ2) is 5.00. The summed E-state index contributed by atoms with van der Waals surface area (Å²) in [6.45, 7) is -0.775. The molecular weight excluding hydrogens is 186 g/mol. The van der Waals surface area contributed by atoms with Gasteiger partial charge in [-0.15, -0.1) is 12.4 Å². The van der Waals surface area contributed by atoms with Crippen LogP contribution in [0.5, 0.6) is 0 Å². The maximum atomic E-state index is 12.7. The maximum Gasteiger partial charge on any atom is 0.217 e. The molecule has 5 heteroatoms. The van der Waals surface area contributed by atoms with Gasteiger partial charge in [-0.05, 0) is 6.07 Å². The molecule has 0 aliphatic carbocycles. The number of alkyl halides is 1. The van der Waals surface area contributed by atoms with E-state index in [4.69, 9.17) is 5.73 Å². The van der Waals surface area contributed by atoms with E-state index in [2.05, 4.69) is 4.98 Å². The Labute approximate surface area is 75.2 Å². The van der Waals surface area contributed by atoms with Crippen molar-refractivity contribution in [1.29, 1.82) is 0 Å². The molecule has 0 aliphatic heterocycles. The maximum absolute atomic E-state index is 12.7. The molecule has 12 heavy (non-hydrogen) atoms. The van der Waals surface area contributed by atoms with Gasteiger partial charge in [0.15, 0.2) is 0 Å². The normalized spacial score (nSPS) is 11.9. The van der Waals surface area contributed by atoms with Gasteiger partial charge in [-0.3, -0.25) is 0 Å². The van der Waals surface area contributed by atoms with E-state index in [0.29, 0.717) is 0 Å². The predicted molar refractivity (Wildman–Crippen MR) is 44.3 cm³/mol. The summed E-state index contributed by atoms with van der Waals surface area (Å²) < 4.78 is 24.6. The van der Waals surface area contributed by atoms with Gasteiger partial charge in [0, 0.05) is 11.8 Å². The van der Waals surface area contributed by atoms with Crippen molar-refractivity contribution in [3.63, 3.8) is 0 Å². The SMILES string of the molecule is Cl.N[C@H](CF)c1cccnc1F. The second-order valence-corrected chi connectivity index (χ2v) is 2.14. The summed E-state index contributed by atoms with van der Waals surface area (Å²) in [6.07, 6.45) is 1.30. The highest BCUT2D eigenvalue weighted by atomic mass is 35.5. The van der Waals surface area contributed by atoms with Gasteiger partial charge in [-0.2, -0.15) is 4.39 Å². The number of nitrogens with two attached hydrogens (primary N) is 1. The first-order chi connectivity index (χ1) is 5.25. The van der Waals surface area contributed by atoms with Gasteiger partial charge >= 0.3 is 0 Å². The molecule has 0 amide bonds. The summed E-state index contributed by atoms with van der Waals surface area (Å²) >= 11 is 0. The van der Waals surface area contributed by atoms with Crippen LogP contribution in [-0.2, 0) is 0 Å². The molecule has 0 aromatic carbocycles. The topological polar surface area (TPSA) is 38.9 Å². The molecule has 68 valence electrons. The van der Waals surface area contributed by atoms with E-state index < -0.39 is 18.7 Å². The van der Waals surface area contributed by atoms with Crippen molar-refractivity contribution in [2.24, 2.45) is 5.73 Å². The molecule has 0 radical (unpaired) electrons. The smallest absolute Gasteiger partial charge is 0.217 e. The number of nitrogens with zero attached hydrogens (tertiary/aromatic N) is 1. The minimum absolute atomic E-state index is 0. The molecule has 0 fully saturated rings. The molecule has 1 aromatic rings. The first-order valence-electron chi connectivity index (χ1n) is 3.17. The highest BCUT2D eigenvalue weighted by Crippen LogP contribution is 2.11. The zero-order valence-corrected chi connectivity index (χ0v) is 7.02. The quantitative estimate of drug-likeness (QED) is 0.727. The minimum atomic E-state index is -0.899. The molecule has 2 nitrogen and oxygen atoms in total. The summed E-state index contributed by atoms with van der Waals surface area (Å²) in [7, 11) is 0. The fraction of sp³-hybridized carbons (Fsp3) is 0.286. The van der Waals surface area contributed by atoms with Crippen LogP contribution < -0.4 is 5.73 Å². The van der Waals surface area contributed by atoms with E-state index in [0.717, 1.165) is 0 Å². The van der Waals surface area contributed by atoms with Crippen molar-refractivity contribution in [1.82, 2.24) is 4.98 Å². The van der Waals surface area contributed by atoms with Crippen LogP contribution in [0.1, 0.15) is 11.6 Å². The van der Waals surface area contributed by atoms with Gasteiger partial charge in [-0.25, -0.2) is 9.37 Å². The highest BCUT2D eigenvalue weighted by molar-refractivity contribution is 5.85. The van der Waals surface area contributed by atoms with E-state index in [1.54, 1.807) is 0 Å². The zero-order valence-electron chi connectivity index (χ0n) is 6.21. The van der Waals surface area contributed by atoms with Crippen LogP contribution in [0.3, 0.4) is 0 Å². The number of rotatable bonds is 2. The molecule has 2 N–H and O–H groups in total. The first kappa shape index (κ1) is 11.3. The average molecular weight is 195 g/mol. The Morgan fingerprint density at radius 2 is 2.25 bits per heavy atom. The lowest BCUT2D eigenvalue weighted by molar-refractivity contribution is 0.422. The van der Waals surface area contributed by atoms with E-state index >= 15 is 0 Å². The molecule has 0 saturated carbocycles. The second-order valence-electron chi connectivity index (χ2n) is 2.14. The molecule has 0 aliphatic rings. The Hall–Kier alpha value is -0.740. The fourth-order valence-corrected chi connectivity index (χ4v) is 0.758. The van der Waals surface area contributed by atoms with Crippen LogP contribution in [0.15, 0.2) is 18.3 Å². The van der Waals surface area contributed by atoms with Crippen molar-refractivity contribution < 1.29 is 8.78 Å². The molecule has 0 spiro atoms. The molecule has 0 saturated heterocycles. The third kappa shape index (κ3) is 2.39. The molecule has 1 rings (SSSR count). The zero-order chi connectivity index (χ0) is 8.27. The number of halogens is 3. The lowest BCUT2D eigenvalue weighted by atomic mass is 10.1. The number of hydrogen-bond donors (Lipinski definition) is 1. The Kier molecular flexibility index (Phi) is 4.70. The van der Waals surface area contributed by atoms with Crippen LogP contribution in [0.2, 0.25) is 0 Å². The largest absolute Gasteiger partial charge is 0.322 e. The van der Waals surface area contributed by atoms with Gasteiger partial charge < -0.3 is 5.73 Å². The van der Waals surface area contributed by atoms with Crippen LogP contribution in [0.4, 0.5) is 8.78 Å². The summed E-state index contributed by atoms with van der Waals surface area (Å²) in [6, 6.07) is 2.05. The fourth-order valence-electron chi connectivity index (χ4n) is 0.758. The Morgan fingerprint density at radius 3 is 2.75 bits per heavy atom. The summed E-state index contributed by atoms with van der Waals surface area (Å²) in [4.78, 5) is 3.33. The number of aromatic nitrogens is 1. The highest BCUT2D eigenvalue weighted by Gasteiger charge is 2.10. The summed E-state index contributed by atoms with van der Waals surface area (Å²) in [5.41, 5.74) is 5.36. The first-order valence-corrected chi connectivity index (χ1v) is 3.17. The average Bonchev–Trinajstić information content (AvgIpc) is 2.04. The van der Waals surface area contributed by atoms with Gasteiger partial charge in [0.1, 0.15) is 6.67 Å². The lowest BCUT2D eigenvalue weighted by Gasteiger charge is -2.06. The van der Waals surface area contributed by atoms with Crippen molar-refractivity contribution in [2.75, 3.05) is 6.67 Å². The Morgan fingerprint density at radius 1 is 1.58 bits per heavy atom. The van der Waals surface area contributed by atoms with Gasteiger partial charge in [0.05, 0.1) is 6.04 Å². The third-order valence-corrected chi connectivity index (χ3v) is 1.35. The lowest BCUT2D eigenvalue weighted by Crippen LogP contribution is -2.14. The molecule has 1 heterocycles. The van der Waals surface area contributed by atoms with E-state index in [1.807, 2.05) is 0 Å². The van der Waals surface area contributed by atoms with Gasteiger partial charge in [0.2, 0.25) is 5.95 Å². The third-order valence-electron chi connectivity index (χ3n) is 1.35. The molecule has 0 unspecified atom stereocenters. The number of hydrogen-bond acceptors (Lipinski definition) is 2. The van der Waals surface area contributed by atoms with E-state index in [9.17, 15) is 8.78 Å². The van der Waals surface area contributed by atoms with Crippen LogP contribution in [-0.4, -0.2) is 11.7 Å². The molecule has 1 aromatic heterocycles. The Balaban J connectivity index is 0.00000121. The summed E-state index contributed by atoms with van der Waals surface area (Å²) in [5.74, 6) is -0.697. The summed E-state index contributed by atoms with van der Waals surface area (Å²) in [5, 5.41) is 0. The van der Waals surface area contributed by atoms with E-state index in [1.165, 1.54) is 18.3 Å².